The molecule has 5 heteroatoms. The monoisotopic (exact) mass is 350 g/mol. The van der Waals surface area contributed by atoms with E-state index in [9.17, 15) is 14.4 Å². The van der Waals surface area contributed by atoms with Gasteiger partial charge in [-0.15, -0.1) is 0 Å². The number of carbonyl (C=O) groups is 3. The molecule has 0 saturated heterocycles. The highest BCUT2D eigenvalue weighted by molar-refractivity contribution is 6.04. The van der Waals surface area contributed by atoms with Crippen LogP contribution in [0.3, 0.4) is 0 Å². The van der Waals surface area contributed by atoms with E-state index in [4.69, 9.17) is 0 Å². The number of aryl methyl sites for hydroxylation is 2. The Kier molecular flexibility index (Phi) is 4.89. The molecule has 1 aliphatic rings. The number of carbonyl (C=O) groups excluding carboxylic acids is 3. The highest BCUT2D eigenvalue weighted by Crippen LogP contribution is 2.40. The standard InChI is InChI=1S/C21H22N2O3/c1-12-6-4-7-13(2)19(12)23-21(26)18-11-17(18)20(25)22-16-9-5-8-15(10-16)14(3)24/h4-10,17-18H,11H2,1-3H3,(H,22,25)(H,23,26). The van der Waals surface area contributed by atoms with Crippen LogP contribution in [0.25, 0.3) is 0 Å². The Labute approximate surface area is 152 Å². The normalized spacial score (nSPS) is 18.1. The van der Waals surface area contributed by atoms with Crippen LogP contribution in [0.15, 0.2) is 42.5 Å². The number of amides is 2. The van der Waals surface area contributed by atoms with Crippen molar-refractivity contribution >= 4 is 29.0 Å². The van der Waals surface area contributed by atoms with Gasteiger partial charge in [-0.2, -0.15) is 0 Å². The van der Waals surface area contributed by atoms with Gasteiger partial charge in [0.2, 0.25) is 11.8 Å². The zero-order valence-corrected chi connectivity index (χ0v) is 15.1. The molecule has 1 saturated carbocycles. The quantitative estimate of drug-likeness (QED) is 0.807. The number of hydrogen-bond acceptors (Lipinski definition) is 3. The average molecular weight is 350 g/mol. The molecule has 2 aromatic carbocycles. The number of benzene rings is 2. The molecule has 3 rings (SSSR count). The van der Waals surface area contributed by atoms with Gasteiger partial charge < -0.3 is 10.6 Å². The van der Waals surface area contributed by atoms with Crippen molar-refractivity contribution in [1.82, 2.24) is 0 Å². The predicted octanol–water partition coefficient (Wildman–Crippen LogP) is 3.72. The van der Waals surface area contributed by atoms with Crippen LogP contribution in [0.5, 0.6) is 0 Å². The molecule has 2 amide bonds. The SMILES string of the molecule is CC(=O)c1cccc(NC(=O)C2CC2C(=O)Nc2c(C)cccc2C)c1. The number of para-hydroxylation sites is 1. The summed E-state index contributed by atoms with van der Waals surface area (Å²) in [4.78, 5) is 36.3. The smallest absolute Gasteiger partial charge is 0.228 e. The van der Waals surface area contributed by atoms with E-state index in [1.807, 2.05) is 32.0 Å². The maximum Gasteiger partial charge on any atom is 0.228 e. The van der Waals surface area contributed by atoms with Crippen LogP contribution in [-0.4, -0.2) is 17.6 Å². The Morgan fingerprint density at radius 3 is 2.08 bits per heavy atom. The topological polar surface area (TPSA) is 75.3 Å². The van der Waals surface area contributed by atoms with Crippen molar-refractivity contribution in [2.24, 2.45) is 11.8 Å². The predicted molar refractivity (Wildman–Crippen MR) is 101 cm³/mol. The number of ketones is 1. The van der Waals surface area contributed by atoms with Crippen molar-refractivity contribution < 1.29 is 14.4 Å². The molecule has 0 aromatic heterocycles. The van der Waals surface area contributed by atoms with Gasteiger partial charge in [0.25, 0.3) is 0 Å². The average Bonchev–Trinajstić information content (AvgIpc) is 3.39. The van der Waals surface area contributed by atoms with Gasteiger partial charge in [-0.3, -0.25) is 14.4 Å². The molecule has 1 fully saturated rings. The summed E-state index contributed by atoms with van der Waals surface area (Å²) < 4.78 is 0. The minimum atomic E-state index is -0.333. The maximum atomic E-state index is 12.5. The molecular weight excluding hydrogens is 328 g/mol. The zero-order chi connectivity index (χ0) is 18.8. The minimum absolute atomic E-state index is 0.0571. The van der Waals surface area contributed by atoms with Crippen LogP contribution < -0.4 is 10.6 Å². The molecule has 26 heavy (non-hydrogen) atoms. The highest BCUT2D eigenvalue weighted by Gasteiger charge is 2.48. The van der Waals surface area contributed by atoms with Gasteiger partial charge in [-0.1, -0.05) is 30.3 Å². The zero-order valence-electron chi connectivity index (χ0n) is 15.1. The molecule has 2 aromatic rings. The molecule has 2 N–H and O–H groups in total. The maximum absolute atomic E-state index is 12.5. The number of anilines is 2. The summed E-state index contributed by atoms with van der Waals surface area (Å²) in [5.74, 6) is -1.02. The lowest BCUT2D eigenvalue weighted by molar-refractivity contribution is -0.122. The van der Waals surface area contributed by atoms with Crippen molar-refractivity contribution in [3.63, 3.8) is 0 Å². The Morgan fingerprint density at radius 2 is 1.46 bits per heavy atom. The molecule has 0 spiro atoms. The highest BCUT2D eigenvalue weighted by atomic mass is 16.2. The van der Waals surface area contributed by atoms with E-state index >= 15 is 0 Å². The van der Waals surface area contributed by atoms with Crippen LogP contribution in [0.4, 0.5) is 11.4 Å². The first-order chi connectivity index (χ1) is 12.4. The third-order valence-electron chi connectivity index (χ3n) is 4.73. The fourth-order valence-electron chi connectivity index (χ4n) is 3.05. The van der Waals surface area contributed by atoms with Gasteiger partial charge in [-0.25, -0.2) is 0 Å². The summed E-state index contributed by atoms with van der Waals surface area (Å²) in [5, 5.41) is 5.75. The van der Waals surface area contributed by atoms with Gasteiger partial charge in [0.1, 0.15) is 0 Å². The van der Waals surface area contributed by atoms with Crippen molar-refractivity contribution in [1.29, 1.82) is 0 Å². The Hall–Kier alpha value is -2.95. The third-order valence-corrected chi connectivity index (χ3v) is 4.73. The van der Waals surface area contributed by atoms with Crippen LogP contribution in [-0.2, 0) is 9.59 Å². The lowest BCUT2D eigenvalue weighted by Gasteiger charge is -2.11. The molecule has 0 radical (unpaired) electrons. The third kappa shape index (κ3) is 3.82. The van der Waals surface area contributed by atoms with Gasteiger partial charge in [0, 0.05) is 16.9 Å². The summed E-state index contributed by atoms with van der Waals surface area (Å²) in [6.07, 6.45) is 0.537. The Bertz CT molecular complexity index is 868. The second kappa shape index (κ2) is 7.12. The molecule has 0 bridgehead atoms. The first-order valence-electron chi connectivity index (χ1n) is 8.65. The molecule has 1 aliphatic carbocycles. The lowest BCUT2D eigenvalue weighted by atomic mass is 10.1. The molecule has 134 valence electrons. The van der Waals surface area contributed by atoms with Crippen LogP contribution in [0.1, 0.15) is 34.8 Å². The summed E-state index contributed by atoms with van der Waals surface area (Å²) >= 11 is 0. The second-order valence-electron chi connectivity index (χ2n) is 6.83. The summed E-state index contributed by atoms with van der Waals surface area (Å²) in [6.45, 7) is 5.37. The van der Waals surface area contributed by atoms with E-state index in [1.54, 1.807) is 24.3 Å². The molecule has 0 heterocycles. The molecule has 0 aliphatic heterocycles. The van der Waals surface area contributed by atoms with Crippen LogP contribution in [0.2, 0.25) is 0 Å². The second-order valence-corrected chi connectivity index (χ2v) is 6.83. The van der Waals surface area contributed by atoms with Gasteiger partial charge >= 0.3 is 0 Å². The summed E-state index contributed by atoms with van der Waals surface area (Å²) in [5.41, 5.74) is 3.94. The first kappa shape index (κ1) is 17.9. The van der Waals surface area contributed by atoms with Crippen molar-refractivity contribution in [2.75, 3.05) is 10.6 Å². The first-order valence-corrected chi connectivity index (χ1v) is 8.65. The van der Waals surface area contributed by atoms with E-state index in [-0.39, 0.29) is 29.4 Å². The van der Waals surface area contributed by atoms with Gasteiger partial charge in [0.05, 0.1) is 11.8 Å². The van der Waals surface area contributed by atoms with Gasteiger partial charge in [0.15, 0.2) is 5.78 Å². The minimum Gasteiger partial charge on any atom is -0.326 e. The number of nitrogens with one attached hydrogen (secondary N) is 2. The number of hydrogen-bond donors (Lipinski definition) is 2. The fourth-order valence-corrected chi connectivity index (χ4v) is 3.05. The van der Waals surface area contributed by atoms with Crippen molar-refractivity contribution in [3.05, 3.63) is 59.2 Å². The van der Waals surface area contributed by atoms with E-state index in [0.29, 0.717) is 17.7 Å². The molecule has 2 unspecified atom stereocenters. The number of rotatable bonds is 5. The van der Waals surface area contributed by atoms with E-state index in [1.165, 1.54) is 6.92 Å². The Morgan fingerprint density at radius 1 is 0.885 bits per heavy atom. The van der Waals surface area contributed by atoms with Crippen molar-refractivity contribution in [2.45, 2.75) is 27.2 Å². The van der Waals surface area contributed by atoms with Crippen LogP contribution >= 0.6 is 0 Å². The molecule has 2 atom stereocenters. The Balaban J connectivity index is 1.61. The summed E-state index contributed by atoms with van der Waals surface area (Å²) in [6, 6.07) is 12.7. The van der Waals surface area contributed by atoms with Crippen LogP contribution in [0, 0.1) is 25.7 Å². The molecule has 5 nitrogen and oxygen atoms in total. The van der Waals surface area contributed by atoms with Gasteiger partial charge in [-0.05, 0) is 50.5 Å². The fraction of sp³-hybridized carbons (Fsp3) is 0.286. The lowest BCUT2D eigenvalue weighted by Crippen LogP contribution is -2.21. The van der Waals surface area contributed by atoms with E-state index in [0.717, 1.165) is 16.8 Å². The largest absolute Gasteiger partial charge is 0.326 e. The molecular formula is C21H22N2O3. The van der Waals surface area contributed by atoms with Crippen molar-refractivity contribution in [3.8, 4) is 0 Å². The van der Waals surface area contributed by atoms with E-state index < -0.39 is 0 Å². The van der Waals surface area contributed by atoms with E-state index in [2.05, 4.69) is 10.6 Å². The summed E-state index contributed by atoms with van der Waals surface area (Å²) in [7, 11) is 0. The number of Topliss-reactive ketones (excluding diaryl/α,β-unsaturated/α-hetero) is 1.